The number of nitriles is 1. The maximum atomic E-state index is 12.3. The average Bonchev–Trinajstić information content (AvgIpc) is 2.34. The highest BCUT2D eigenvalue weighted by molar-refractivity contribution is 5.91. The van der Waals surface area contributed by atoms with E-state index >= 15 is 0 Å². The third-order valence-corrected chi connectivity index (χ3v) is 3.52. The molecule has 0 radical (unpaired) electrons. The van der Waals surface area contributed by atoms with E-state index in [1.807, 2.05) is 45.9 Å². The predicted molar refractivity (Wildman–Crippen MR) is 74.8 cm³/mol. The number of amides is 1. The standard InChI is InChI=1S/C15H19N3O/c1-14(2)10-18(15(3,4)13(19)17-14)12-7-5-6-11(8-12)9-16/h5-8H,10H2,1-4H3,(H,17,19). The zero-order valence-corrected chi connectivity index (χ0v) is 11.8. The molecule has 19 heavy (non-hydrogen) atoms. The number of hydrogen-bond donors (Lipinski definition) is 1. The number of piperazine rings is 1. The van der Waals surface area contributed by atoms with Gasteiger partial charge in [0, 0.05) is 12.2 Å². The van der Waals surface area contributed by atoms with Crippen molar-refractivity contribution in [3.63, 3.8) is 0 Å². The second kappa shape index (κ2) is 4.27. The molecule has 2 rings (SSSR count). The minimum absolute atomic E-state index is 0.00566. The zero-order valence-electron chi connectivity index (χ0n) is 11.8. The first-order chi connectivity index (χ1) is 8.76. The Balaban J connectivity index is 2.45. The van der Waals surface area contributed by atoms with Gasteiger partial charge in [0.05, 0.1) is 17.2 Å². The van der Waals surface area contributed by atoms with Gasteiger partial charge in [-0.1, -0.05) is 6.07 Å². The Morgan fingerprint density at radius 3 is 2.63 bits per heavy atom. The molecular formula is C15H19N3O. The van der Waals surface area contributed by atoms with Crippen molar-refractivity contribution in [2.75, 3.05) is 11.4 Å². The Morgan fingerprint density at radius 1 is 1.32 bits per heavy atom. The molecule has 1 fully saturated rings. The van der Waals surface area contributed by atoms with E-state index in [0.29, 0.717) is 12.1 Å². The first-order valence-corrected chi connectivity index (χ1v) is 6.37. The Labute approximate surface area is 114 Å². The van der Waals surface area contributed by atoms with Crippen molar-refractivity contribution in [3.05, 3.63) is 29.8 Å². The van der Waals surface area contributed by atoms with Gasteiger partial charge in [0.15, 0.2) is 0 Å². The van der Waals surface area contributed by atoms with Crippen LogP contribution >= 0.6 is 0 Å². The maximum absolute atomic E-state index is 12.3. The lowest BCUT2D eigenvalue weighted by Crippen LogP contribution is -2.69. The van der Waals surface area contributed by atoms with E-state index in [2.05, 4.69) is 16.3 Å². The van der Waals surface area contributed by atoms with Crippen LogP contribution in [0.25, 0.3) is 0 Å². The quantitative estimate of drug-likeness (QED) is 0.837. The van der Waals surface area contributed by atoms with Gasteiger partial charge in [-0.25, -0.2) is 0 Å². The van der Waals surface area contributed by atoms with Crippen molar-refractivity contribution >= 4 is 11.6 Å². The van der Waals surface area contributed by atoms with E-state index in [0.717, 1.165) is 5.69 Å². The minimum Gasteiger partial charge on any atom is -0.355 e. The fraction of sp³-hybridized carbons (Fsp3) is 0.467. The molecular weight excluding hydrogens is 238 g/mol. The summed E-state index contributed by atoms with van der Waals surface area (Å²) in [7, 11) is 0. The van der Waals surface area contributed by atoms with Crippen LogP contribution in [-0.2, 0) is 4.79 Å². The van der Waals surface area contributed by atoms with Gasteiger partial charge in [-0.05, 0) is 45.9 Å². The molecule has 0 aromatic heterocycles. The summed E-state index contributed by atoms with van der Waals surface area (Å²) in [5, 5.41) is 12.0. The van der Waals surface area contributed by atoms with Gasteiger partial charge in [0.25, 0.3) is 0 Å². The smallest absolute Gasteiger partial charge is 0.245 e. The van der Waals surface area contributed by atoms with Crippen LogP contribution in [0, 0.1) is 11.3 Å². The van der Waals surface area contributed by atoms with Crippen LogP contribution < -0.4 is 10.2 Å². The Kier molecular flexibility index (Phi) is 3.01. The number of nitrogens with zero attached hydrogens (tertiary/aromatic N) is 2. The van der Waals surface area contributed by atoms with Gasteiger partial charge in [-0.3, -0.25) is 4.79 Å². The van der Waals surface area contributed by atoms with E-state index in [1.165, 1.54) is 0 Å². The Bertz CT molecular complexity index is 555. The van der Waals surface area contributed by atoms with Gasteiger partial charge < -0.3 is 10.2 Å². The van der Waals surface area contributed by atoms with Crippen LogP contribution in [0.15, 0.2) is 24.3 Å². The van der Waals surface area contributed by atoms with E-state index < -0.39 is 5.54 Å². The topological polar surface area (TPSA) is 56.1 Å². The molecule has 1 N–H and O–H groups in total. The Morgan fingerprint density at radius 2 is 2.00 bits per heavy atom. The molecule has 1 saturated heterocycles. The lowest BCUT2D eigenvalue weighted by molar-refractivity contribution is -0.128. The van der Waals surface area contributed by atoms with Crippen molar-refractivity contribution in [3.8, 4) is 6.07 Å². The monoisotopic (exact) mass is 257 g/mol. The summed E-state index contributed by atoms with van der Waals surface area (Å²) in [6, 6.07) is 9.53. The largest absolute Gasteiger partial charge is 0.355 e. The van der Waals surface area contributed by atoms with Crippen LogP contribution in [0.1, 0.15) is 33.3 Å². The number of nitrogens with one attached hydrogen (secondary N) is 1. The number of rotatable bonds is 1. The second-order valence-corrected chi connectivity index (χ2v) is 6.15. The summed E-state index contributed by atoms with van der Waals surface area (Å²) in [5.74, 6) is 0.00566. The second-order valence-electron chi connectivity index (χ2n) is 6.15. The fourth-order valence-electron chi connectivity index (χ4n) is 2.37. The molecule has 0 atom stereocenters. The molecule has 0 saturated carbocycles. The number of hydrogen-bond acceptors (Lipinski definition) is 3. The van der Waals surface area contributed by atoms with Gasteiger partial charge in [0.2, 0.25) is 5.91 Å². The number of benzene rings is 1. The SMILES string of the molecule is CC1(C)CN(c2cccc(C#N)c2)C(C)(C)C(=O)N1. The van der Waals surface area contributed by atoms with Crippen molar-refractivity contribution in [2.45, 2.75) is 38.8 Å². The molecule has 1 aromatic rings. The highest BCUT2D eigenvalue weighted by atomic mass is 16.2. The predicted octanol–water partition coefficient (Wildman–Crippen LogP) is 2.05. The van der Waals surface area contributed by atoms with Gasteiger partial charge in [-0.2, -0.15) is 5.26 Å². The highest BCUT2D eigenvalue weighted by Crippen LogP contribution is 2.30. The van der Waals surface area contributed by atoms with Crippen molar-refractivity contribution < 1.29 is 4.79 Å². The lowest BCUT2D eigenvalue weighted by atomic mass is 9.90. The van der Waals surface area contributed by atoms with E-state index in [4.69, 9.17) is 5.26 Å². The van der Waals surface area contributed by atoms with Crippen molar-refractivity contribution in [1.29, 1.82) is 5.26 Å². The molecule has 1 aliphatic rings. The minimum atomic E-state index is -0.621. The van der Waals surface area contributed by atoms with E-state index in [9.17, 15) is 4.79 Å². The molecule has 1 heterocycles. The Hall–Kier alpha value is -2.02. The molecule has 0 bridgehead atoms. The third-order valence-electron chi connectivity index (χ3n) is 3.52. The molecule has 100 valence electrons. The normalized spacial score (nSPS) is 20.6. The highest BCUT2D eigenvalue weighted by Gasteiger charge is 2.44. The summed E-state index contributed by atoms with van der Waals surface area (Å²) < 4.78 is 0. The average molecular weight is 257 g/mol. The summed E-state index contributed by atoms with van der Waals surface area (Å²) in [4.78, 5) is 14.3. The summed E-state index contributed by atoms with van der Waals surface area (Å²) in [6.07, 6.45) is 0. The molecule has 0 unspecified atom stereocenters. The van der Waals surface area contributed by atoms with Crippen LogP contribution in [0.3, 0.4) is 0 Å². The molecule has 0 aliphatic carbocycles. The molecule has 0 spiro atoms. The zero-order chi connectivity index (χ0) is 14.3. The van der Waals surface area contributed by atoms with E-state index in [1.54, 1.807) is 6.07 Å². The van der Waals surface area contributed by atoms with Gasteiger partial charge in [0.1, 0.15) is 5.54 Å². The van der Waals surface area contributed by atoms with Crippen molar-refractivity contribution in [1.82, 2.24) is 5.32 Å². The fourth-order valence-corrected chi connectivity index (χ4v) is 2.37. The molecule has 1 aliphatic heterocycles. The number of carbonyl (C=O) groups excluding carboxylic acids is 1. The molecule has 1 amide bonds. The van der Waals surface area contributed by atoms with Gasteiger partial charge >= 0.3 is 0 Å². The molecule has 4 nitrogen and oxygen atoms in total. The summed E-state index contributed by atoms with van der Waals surface area (Å²) in [6.45, 7) is 8.51. The molecule has 1 aromatic carbocycles. The van der Waals surface area contributed by atoms with Crippen LogP contribution in [0.2, 0.25) is 0 Å². The number of anilines is 1. The third kappa shape index (κ3) is 2.41. The summed E-state index contributed by atoms with van der Waals surface area (Å²) >= 11 is 0. The van der Waals surface area contributed by atoms with Crippen molar-refractivity contribution in [2.24, 2.45) is 0 Å². The van der Waals surface area contributed by atoms with Crippen LogP contribution in [0.5, 0.6) is 0 Å². The first kappa shape index (κ1) is 13.4. The maximum Gasteiger partial charge on any atom is 0.245 e. The molecule has 4 heteroatoms. The van der Waals surface area contributed by atoms with Crippen LogP contribution in [-0.4, -0.2) is 23.5 Å². The summed E-state index contributed by atoms with van der Waals surface area (Å²) in [5.41, 5.74) is 0.614. The van der Waals surface area contributed by atoms with E-state index in [-0.39, 0.29) is 11.4 Å². The first-order valence-electron chi connectivity index (χ1n) is 6.37. The van der Waals surface area contributed by atoms with Gasteiger partial charge in [-0.15, -0.1) is 0 Å². The van der Waals surface area contributed by atoms with Crippen LogP contribution in [0.4, 0.5) is 5.69 Å². The lowest BCUT2D eigenvalue weighted by Gasteiger charge is -2.49. The number of carbonyl (C=O) groups is 1.